The van der Waals surface area contributed by atoms with Crippen molar-refractivity contribution in [2.45, 2.75) is 56.2 Å². The third-order valence-electron chi connectivity index (χ3n) is 8.38. The van der Waals surface area contributed by atoms with Gasteiger partial charge in [-0.2, -0.15) is 0 Å². The van der Waals surface area contributed by atoms with Crippen LogP contribution in [0.4, 0.5) is 8.78 Å². The molecule has 1 unspecified atom stereocenters. The van der Waals surface area contributed by atoms with Gasteiger partial charge in [-0.05, 0) is 50.5 Å². The van der Waals surface area contributed by atoms with Crippen LogP contribution < -0.4 is 5.32 Å². The van der Waals surface area contributed by atoms with Crippen LogP contribution in [-0.4, -0.2) is 66.0 Å². The largest absolute Gasteiger partial charge is 0.481 e. The molecule has 10 nitrogen and oxygen atoms in total. The fraction of sp³-hybridized carbons (Fsp3) is 0.500. The highest BCUT2D eigenvalue weighted by atomic mass is 35.5. The van der Waals surface area contributed by atoms with Gasteiger partial charge in [-0.15, -0.1) is 11.3 Å². The molecule has 2 aromatic rings. The third kappa shape index (κ3) is 6.47. The van der Waals surface area contributed by atoms with E-state index < -0.39 is 49.9 Å². The van der Waals surface area contributed by atoms with E-state index in [1.165, 1.54) is 28.8 Å². The van der Waals surface area contributed by atoms with Gasteiger partial charge in [0, 0.05) is 48.3 Å². The molecule has 5 rings (SSSR count). The molecule has 3 aliphatic rings. The molecule has 1 aliphatic carbocycles. The number of aromatic nitrogens is 1. The van der Waals surface area contributed by atoms with Gasteiger partial charge in [-0.1, -0.05) is 17.7 Å². The minimum Gasteiger partial charge on any atom is -0.481 e. The number of carbonyl (C=O) groups is 2. The molecule has 1 aromatic carbocycles. The van der Waals surface area contributed by atoms with E-state index in [4.69, 9.17) is 21.4 Å². The first-order valence-corrected chi connectivity index (χ1v) is 16.7. The van der Waals surface area contributed by atoms with E-state index in [0.717, 1.165) is 6.07 Å². The number of amidine groups is 1. The summed E-state index contributed by atoms with van der Waals surface area (Å²) in [6, 6.07) is 1.07. The van der Waals surface area contributed by atoms with E-state index in [1.807, 2.05) is 0 Å². The number of esters is 1. The van der Waals surface area contributed by atoms with Crippen LogP contribution >= 0.6 is 22.9 Å². The number of methoxy groups -OCH3 is 1. The highest BCUT2D eigenvalue weighted by Crippen LogP contribution is 2.41. The molecule has 1 aromatic heterocycles. The molecule has 0 amide bonds. The Kier molecular flexibility index (Phi) is 9.49. The van der Waals surface area contributed by atoms with Crippen LogP contribution in [0.15, 0.2) is 40.0 Å². The van der Waals surface area contributed by atoms with Crippen LogP contribution in [0, 0.1) is 23.5 Å². The van der Waals surface area contributed by atoms with Crippen molar-refractivity contribution in [3.63, 3.8) is 0 Å². The van der Waals surface area contributed by atoms with Gasteiger partial charge in [0.25, 0.3) is 0 Å². The second-order valence-electron chi connectivity index (χ2n) is 10.9. The number of nitrogens with one attached hydrogen (secondary N) is 1. The summed E-state index contributed by atoms with van der Waals surface area (Å²) in [5.41, 5.74) is 0.602. The average molecular weight is 657 g/mol. The summed E-state index contributed by atoms with van der Waals surface area (Å²) in [6.45, 7) is 0.421. The van der Waals surface area contributed by atoms with E-state index in [-0.39, 0.29) is 42.5 Å². The number of benzene rings is 1. The molecule has 0 radical (unpaired) electrons. The maximum atomic E-state index is 14.6. The lowest BCUT2D eigenvalue weighted by Crippen LogP contribution is -2.46. The van der Waals surface area contributed by atoms with Gasteiger partial charge in [0.15, 0.2) is 22.5 Å². The number of thiazole rings is 1. The van der Waals surface area contributed by atoms with Crippen LogP contribution in [0.5, 0.6) is 0 Å². The SMILES string of the molecule is COC(=O)C1=C(C2CCN(S(=O)(=O)C3CCC(CC(=O)O)CC3)CC2)NC(c2nccs2)=NC1c1ccc(F)c(F)c1Cl. The second-order valence-corrected chi connectivity index (χ2v) is 14.4. The Bertz CT molecular complexity index is 1550. The van der Waals surface area contributed by atoms with Gasteiger partial charge < -0.3 is 15.2 Å². The van der Waals surface area contributed by atoms with Gasteiger partial charge in [0.2, 0.25) is 10.0 Å². The lowest BCUT2D eigenvalue weighted by Gasteiger charge is -2.38. The van der Waals surface area contributed by atoms with E-state index >= 15 is 0 Å². The lowest BCUT2D eigenvalue weighted by molar-refractivity contribution is -0.138. The summed E-state index contributed by atoms with van der Waals surface area (Å²) < 4.78 is 62.1. The predicted octanol–water partition coefficient (Wildman–Crippen LogP) is 4.67. The molecular weight excluding hydrogens is 626 g/mol. The molecule has 2 fully saturated rings. The third-order valence-corrected chi connectivity index (χ3v) is 11.9. The number of allylic oxidation sites excluding steroid dienone is 1. The first kappa shape index (κ1) is 31.5. The number of carboxylic acid groups (broad SMARTS) is 1. The fourth-order valence-electron chi connectivity index (χ4n) is 6.14. The number of aliphatic imine (C=N–C) groups is 1. The number of hydrogen-bond acceptors (Lipinski definition) is 9. The summed E-state index contributed by atoms with van der Waals surface area (Å²) in [5, 5.41) is 13.5. The number of piperidine rings is 1. The number of hydrogen-bond donors (Lipinski definition) is 2. The van der Waals surface area contributed by atoms with Gasteiger partial charge in [0.05, 0.1) is 23.0 Å². The minimum absolute atomic E-state index is 0.0135. The molecule has 0 spiro atoms. The summed E-state index contributed by atoms with van der Waals surface area (Å²) in [6.07, 6.45) is 4.33. The van der Waals surface area contributed by atoms with Crippen molar-refractivity contribution in [2.75, 3.05) is 20.2 Å². The Morgan fingerprint density at radius 1 is 1.16 bits per heavy atom. The zero-order valence-corrected chi connectivity index (χ0v) is 25.7. The standard InChI is InChI=1S/C28H31ClF2N4O6S2/c1-41-28(38)21-24(16-8-11-35(12-9-16)43(39,40)17-4-2-15(3-5-17)14-20(36)37)33-26(27-32-10-13-42-27)34-25(21)18-6-7-19(30)23(31)22(18)29/h6-7,10,13,15-17,25H,2-5,8-9,11-12,14H2,1H3,(H,33,34)(H,36,37). The first-order chi connectivity index (χ1) is 20.5. The highest BCUT2D eigenvalue weighted by molar-refractivity contribution is 7.89. The predicted molar refractivity (Wildman–Crippen MR) is 156 cm³/mol. The fourth-order valence-corrected chi connectivity index (χ4v) is 8.99. The molecule has 2 N–H and O–H groups in total. The molecule has 15 heteroatoms. The van der Waals surface area contributed by atoms with Crippen molar-refractivity contribution in [3.05, 3.63) is 62.2 Å². The summed E-state index contributed by atoms with van der Waals surface area (Å²) >= 11 is 7.53. The Balaban J connectivity index is 1.42. The van der Waals surface area contributed by atoms with Gasteiger partial charge in [-0.3, -0.25) is 9.79 Å². The number of nitrogens with zero attached hydrogens (tertiary/aromatic N) is 3. The topological polar surface area (TPSA) is 138 Å². The maximum Gasteiger partial charge on any atom is 0.338 e. The zero-order chi connectivity index (χ0) is 30.9. The summed E-state index contributed by atoms with van der Waals surface area (Å²) in [7, 11) is -2.40. The van der Waals surface area contributed by atoms with Crippen LogP contribution in [0.1, 0.15) is 61.6 Å². The van der Waals surface area contributed by atoms with Crippen molar-refractivity contribution in [2.24, 2.45) is 16.8 Å². The molecule has 3 heterocycles. The van der Waals surface area contributed by atoms with Crippen LogP contribution in [-0.2, 0) is 24.3 Å². The maximum absolute atomic E-state index is 14.6. The van der Waals surface area contributed by atoms with Crippen molar-refractivity contribution >= 4 is 50.7 Å². The molecule has 43 heavy (non-hydrogen) atoms. The van der Waals surface area contributed by atoms with Gasteiger partial charge >= 0.3 is 11.9 Å². The zero-order valence-electron chi connectivity index (χ0n) is 23.3. The molecule has 1 saturated carbocycles. The first-order valence-electron chi connectivity index (χ1n) is 13.9. The number of sulfonamides is 1. The summed E-state index contributed by atoms with van der Waals surface area (Å²) in [5.74, 6) is -4.02. The van der Waals surface area contributed by atoms with E-state index in [9.17, 15) is 26.8 Å². The van der Waals surface area contributed by atoms with Gasteiger partial charge in [-0.25, -0.2) is 31.3 Å². The van der Waals surface area contributed by atoms with Crippen LogP contribution in [0.2, 0.25) is 5.02 Å². The highest BCUT2D eigenvalue weighted by Gasteiger charge is 2.41. The van der Waals surface area contributed by atoms with Gasteiger partial charge in [0.1, 0.15) is 6.04 Å². The number of ether oxygens (including phenoxy) is 1. The quantitative estimate of drug-likeness (QED) is 0.309. The average Bonchev–Trinajstić information content (AvgIpc) is 3.54. The summed E-state index contributed by atoms with van der Waals surface area (Å²) in [4.78, 5) is 33.2. The molecule has 0 bridgehead atoms. The monoisotopic (exact) mass is 656 g/mol. The van der Waals surface area contributed by atoms with Crippen molar-refractivity contribution in [1.82, 2.24) is 14.6 Å². The molecule has 1 saturated heterocycles. The molecular formula is C28H31ClF2N4O6S2. The number of rotatable bonds is 8. The Hall–Kier alpha value is -2.94. The minimum atomic E-state index is -3.61. The molecule has 232 valence electrons. The van der Waals surface area contributed by atoms with Crippen molar-refractivity contribution < 1.29 is 36.6 Å². The lowest BCUT2D eigenvalue weighted by atomic mass is 9.86. The smallest absolute Gasteiger partial charge is 0.338 e. The Morgan fingerprint density at radius 3 is 2.47 bits per heavy atom. The van der Waals surface area contributed by atoms with Crippen LogP contribution in [0.25, 0.3) is 0 Å². The molecule has 2 aliphatic heterocycles. The number of carbonyl (C=O) groups excluding carboxylic acids is 1. The van der Waals surface area contributed by atoms with Crippen molar-refractivity contribution in [1.29, 1.82) is 0 Å². The number of aliphatic carboxylic acids is 1. The number of carboxylic acids is 1. The van der Waals surface area contributed by atoms with E-state index in [2.05, 4.69) is 15.3 Å². The second kappa shape index (κ2) is 13.0. The van der Waals surface area contributed by atoms with Crippen LogP contribution in [0.3, 0.4) is 0 Å². The number of halogens is 3. The Labute approximate surface area is 256 Å². The normalized spacial score (nSPS) is 23.9. The van der Waals surface area contributed by atoms with E-state index in [0.29, 0.717) is 55.1 Å². The Morgan fingerprint density at radius 2 is 1.86 bits per heavy atom. The van der Waals surface area contributed by atoms with E-state index in [1.54, 1.807) is 11.6 Å². The van der Waals surface area contributed by atoms with Crippen molar-refractivity contribution in [3.8, 4) is 0 Å². The molecule has 1 atom stereocenters.